The van der Waals surface area contributed by atoms with E-state index in [4.69, 9.17) is 0 Å². The van der Waals surface area contributed by atoms with Gasteiger partial charge in [0.2, 0.25) is 0 Å². The van der Waals surface area contributed by atoms with Crippen molar-refractivity contribution in [2.24, 2.45) is 0 Å². The molecule has 0 spiro atoms. The van der Waals surface area contributed by atoms with Gasteiger partial charge in [0, 0.05) is 26.2 Å². The highest BCUT2D eigenvalue weighted by Gasteiger charge is 2.30. The van der Waals surface area contributed by atoms with Crippen molar-refractivity contribution in [1.29, 1.82) is 0 Å². The Kier molecular flexibility index (Phi) is 5.22. The second kappa shape index (κ2) is 7.94. The standard InChI is InChI=1S/C20H23FN6/c1-25-11-13-26(14-12-25)19(17-7-9-18(21)10-8-17)20-22-23-24-27(20)15-16-5-3-2-4-6-16/h2-10,19H,11-15H2,1H3. The smallest absolute Gasteiger partial charge is 0.173 e. The number of nitrogens with zero attached hydrogens (tertiary/aromatic N) is 6. The first-order valence-corrected chi connectivity index (χ1v) is 9.19. The van der Waals surface area contributed by atoms with Crippen LogP contribution < -0.4 is 0 Å². The number of tetrazole rings is 1. The molecule has 0 radical (unpaired) electrons. The Hall–Kier alpha value is -2.64. The van der Waals surface area contributed by atoms with Gasteiger partial charge in [0.15, 0.2) is 5.82 Å². The summed E-state index contributed by atoms with van der Waals surface area (Å²) in [5.41, 5.74) is 2.15. The van der Waals surface area contributed by atoms with Crippen LogP contribution in [0.3, 0.4) is 0 Å². The number of aromatic nitrogens is 4. The molecule has 0 N–H and O–H groups in total. The molecule has 1 fully saturated rings. The number of halogens is 1. The monoisotopic (exact) mass is 366 g/mol. The van der Waals surface area contributed by atoms with E-state index in [0.717, 1.165) is 43.1 Å². The van der Waals surface area contributed by atoms with Crippen LogP contribution >= 0.6 is 0 Å². The number of hydrogen-bond acceptors (Lipinski definition) is 5. The Labute approximate surface area is 158 Å². The predicted octanol–water partition coefficient (Wildman–Crippen LogP) is 2.20. The highest BCUT2D eigenvalue weighted by Crippen LogP contribution is 2.28. The fraction of sp³-hybridized carbons (Fsp3) is 0.350. The van der Waals surface area contributed by atoms with Gasteiger partial charge in [-0.3, -0.25) is 4.90 Å². The highest BCUT2D eigenvalue weighted by atomic mass is 19.1. The first-order chi connectivity index (χ1) is 13.2. The van der Waals surface area contributed by atoms with E-state index >= 15 is 0 Å². The Morgan fingerprint density at radius 2 is 1.67 bits per heavy atom. The minimum Gasteiger partial charge on any atom is -0.304 e. The summed E-state index contributed by atoms with van der Waals surface area (Å²) < 4.78 is 15.3. The van der Waals surface area contributed by atoms with Gasteiger partial charge in [-0.1, -0.05) is 42.5 Å². The zero-order valence-electron chi connectivity index (χ0n) is 15.4. The van der Waals surface area contributed by atoms with E-state index in [1.807, 2.05) is 35.0 Å². The van der Waals surface area contributed by atoms with Gasteiger partial charge in [-0.15, -0.1) is 5.10 Å². The Balaban J connectivity index is 1.69. The molecule has 2 aromatic carbocycles. The maximum atomic E-state index is 13.5. The van der Waals surface area contributed by atoms with Crippen molar-refractivity contribution in [3.63, 3.8) is 0 Å². The van der Waals surface area contributed by atoms with E-state index in [1.54, 1.807) is 0 Å². The normalized spacial score (nSPS) is 17.1. The molecule has 1 aromatic heterocycles. The lowest BCUT2D eigenvalue weighted by molar-refractivity contribution is 0.121. The lowest BCUT2D eigenvalue weighted by Gasteiger charge is -2.37. The fourth-order valence-corrected chi connectivity index (χ4v) is 3.52. The molecule has 140 valence electrons. The fourth-order valence-electron chi connectivity index (χ4n) is 3.52. The molecule has 1 unspecified atom stereocenters. The maximum Gasteiger partial charge on any atom is 0.173 e. The van der Waals surface area contributed by atoms with E-state index in [2.05, 4.69) is 44.5 Å². The van der Waals surface area contributed by atoms with Crippen LogP contribution in [0.5, 0.6) is 0 Å². The predicted molar refractivity (Wildman–Crippen MR) is 101 cm³/mol. The molecular formula is C20H23FN6. The maximum absolute atomic E-state index is 13.5. The van der Waals surface area contributed by atoms with Gasteiger partial charge in [0.25, 0.3) is 0 Å². The van der Waals surface area contributed by atoms with Crippen molar-refractivity contribution in [2.75, 3.05) is 33.2 Å². The molecule has 6 nitrogen and oxygen atoms in total. The first kappa shape index (κ1) is 17.8. The topological polar surface area (TPSA) is 50.1 Å². The average Bonchev–Trinajstić information content (AvgIpc) is 3.13. The van der Waals surface area contributed by atoms with Gasteiger partial charge in [-0.25, -0.2) is 9.07 Å². The number of likely N-dealkylation sites (N-methyl/N-ethyl adjacent to an activating group) is 1. The van der Waals surface area contributed by atoms with E-state index in [1.165, 1.54) is 12.1 Å². The number of piperazine rings is 1. The molecule has 0 amide bonds. The SMILES string of the molecule is CN1CCN(C(c2ccc(F)cc2)c2nnnn2Cc2ccccc2)CC1. The minimum atomic E-state index is -0.236. The summed E-state index contributed by atoms with van der Waals surface area (Å²) in [7, 11) is 2.13. The Morgan fingerprint density at radius 3 is 2.37 bits per heavy atom. The van der Waals surface area contributed by atoms with E-state index in [0.29, 0.717) is 6.54 Å². The minimum absolute atomic E-state index is 0.0991. The van der Waals surface area contributed by atoms with Gasteiger partial charge in [0.1, 0.15) is 5.82 Å². The van der Waals surface area contributed by atoms with Crippen LogP contribution in [-0.4, -0.2) is 63.2 Å². The number of benzene rings is 2. The first-order valence-electron chi connectivity index (χ1n) is 9.19. The Bertz CT molecular complexity index is 856. The van der Waals surface area contributed by atoms with E-state index in [9.17, 15) is 4.39 Å². The lowest BCUT2D eigenvalue weighted by Crippen LogP contribution is -2.46. The molecule has 3 aromatic rings. The third kappa shape index (κ3) is 4.04. The summed E-state index contributed by atoms with van der Waals surface area (Å²) in [6.07, 6.45) is 0. The van der Waals surface area contributed by atoms with Crippen molar-refractivity contribution in [3.05, 3.63) is 77.4 Å². The third-order valence-corrected chi connectivity index (χ3v) is 5.07. The summed E-state index contributed by atoms with van der Waals surface area (Å²) in [5, 5.41) is 12.5. The molecule has 1 aliphatic heterocycles. The molecule has 0 bridgehead atoms. The zero-order chi connectivity index (χ0) is 18.6. The summed E-state index contributed by atoms with van der Waals surface area (Å²) in [5.74, 6) is 0.551. The second-order valence-corrected chi connectivity index (χ2v) is 6.97. The van der Waals surface area contributed by atoms with Gasteiger partial charge >= 0.3 is 0 Å². The van der Waals surface area contributed by atoms with Crippen LogP contribution in [-0.2, 0) is 6.54 Å². The largest absolute Gasteiger partial charge is 0.304 e. The zero-order valence-corrected chi connectivity index (χ0v) is 15.4. The van der Waals surface area contributed by atoms with Gasteiger partial charge in [-0.05, 0) is 40.7 Å². The van der Waals surface area contributed by atoms with Crippen LogP contribution in [0.1, 0.15) is 23.0 Å². The molecule has 0 saturated carbocycles. The molecule has 1 atom stereocenters. The summed E-state index contributed by atoms with van der Waals surface area (Å²) in [4.78, 5) is 4.69. The second-order valence-electron chi connectivity index (χ2n) is 6.97. The van der Waals surface area contributed by atoms with Crippen LogP contribution in [0.2, 0.25) is 0 Å². The molecular weight excluding hydrogens is 343 g/mol. The Morgan fingerprint density at radius 1 is 0.963 bits per heavy atom. The van der Waals surface area contributed by atoms with Crippen LogP contribution in [0.15, 0.2) is 54.6 Å². The lowest BCUT2D eigenvalue weighted by atomic mass is 10.0. The summed E-state index contributed by atoms with van der Waals surface area (Å²) >= 11 is 0. The number of rotatable bonds is 5. The van der Waals surface area contributed by atoms with Crippen LogP contribution in [0.25, 0.3) is 0 Å². The van der Waals surface area contributed by atoms with Crippen LogP contribution in [0, 0.1) is 5.82 Å². The quantitative estimate of drug-likeness (QED) is 0.693. The molecule has 2 heterocycles. The van der Waals surface area contributed by atoms with Crippen molar-refractivity contribution in [1.82, 2.24) is 30.0 Å². The summed E-state index contributed by atoms with van der Waals surface area (Å²) in [6, 6.07) is 16.7. The molecule has 27 heavy (non-hydrogen) atoms. The molecule has 1 aliphatic rings. The van der Waals surface area contributed by atoms with Crippen molar-refractivity contribution in [3.8, 4) is 0 Å². The van der Waals surface area contributed by atoms with Crippen molar-refractivity contribution >= 4 is 0 Å². The number of hydrogen-bond donors (Lipinski definition) is 0. The van der Waals surface area contributed by atoms with Crippen LogP contribution in [0.4, 0.5) is 4.39 Å². The molecule has 0 aliphatic carbocycles. The van der Waals surface area contributed by atoms with E-state index in [-0.39, 0.29) is 11.9 Å². The molecule has 7 heteroatoms. The van der Waals surface area contributed by atoms with E-state index < -0.39 is 0 Å². The van der Waals surface area contributed by atoms with Gasteiger partial charge in [-0.2, -0.15) is 0 Å². The highest BCUT2D eigenvalue weighted by molar-refractivity contribution is 5.26. The van der Waals surface area contributed by atoms with Crippen molar-refractivity contribution in [2.45, 2.75) is 12.6 Å². The average molecular weight is 366 g/mol. The van der Waals surface area contributed by atoms with Gasteiger partial charge < -0.3 is 4.90 Å². The molecule has 1 saturated heterocycles. The van der Waals surface area contributed by atoms with Crippen molar-refractivity contribution < 1.29 is 4.39 Å². The van der Waals surface area contributed by atoms with Gasteiger partial charge in [0.05, 0.1) is 12.6 Å². The summed E-state index contributed by atoms with van der Waals surface area (Å²) in [6.45, 7) is 4.40. The molecule has 4 rings (SSSR count). The third-order valence-electron chi connectivity index (χ3n) is 5.07.